The third-order valence-corrected chi connectivity index (χ3v) is 3.67. The molecule has 0 radical (unpaired) electrons. The van der Waals surface area contributed by atoms with Crippen LogP contribution in [-0.2, 0) is 11.2 Å². The summed E-state index contributed by atoms with van der Waals surface area (Å²) >= 11 is 1.31. The molecule has 0 spiro atoms. The predicted octanol–water partition coefficient (Wildman–Crippen LogP) is 3.19. The van der Waals surface area contributed by atoms with E-state index >= 15 is 0 Å². The Morgan fingerprint density at radius 1 is 1.24 bits per heavy atom. The second-order valence-electron chi connectivity index (χ2n) is 4.26. The molecule has 1 heterocycles. The van der Waals surface area contributed by atoms with Crippen molar-refractivity contribution in [2.24, 2.45) is 0 Å². The van der Waals surface area contributed by atoms with Crippen LogP contribution in [0.15, 0.2) is 47.5 Å². The zero-order chi connectivity index (χ0) is 15.4. The van der Waals surface area contributed by atoms with Gasteiger partial charge in [-0.15, -0.1) is 11.3 Å². The Kier molecular flexibility index (Phi) is 4.49. The average Bonchev–Trinajstić information content (AvgIpc) is 2.86. The smallest absolute Gasteiger partial charge is 0.371 e. The summed E-state index contributed by atoms with van der Waals surface area (Å²) in [6.07, 6.45) is 1.03. The quantitative estimate of drug-likeness (QED) is 0.505. The molecule has 0 amide bonds. The van der Waals surface area contributed by atoms with E-state index in [2.05, 4.69) is 0 Å². The van der Waals surface area contributed by atoms with Crippen molar-refractivity contribution < 1.29 is 24.2 Å². The van der Waals surface area contributed by atoms with Crippen LogP contribution in [0.3, 0.4) is 0 Å². The molecule has 0 unspecified atom stereocenters. The zero-order valence-electron chi connectivity index (χ0n) is 10.7. The van der Waals surface area contributed by atoms with Crippen LogP contribution in [0.25, 0.3) is 0 Å². The number of aliphatic hydroxyl groups is 1. The predicted molar refractivity (Wildman–Crippen MR) is 76.2 cm³/mol. The number of halogens is 1. The molecule has 0 aliphatic heterocycles. The first-order chi connectivity index (χ1) is 9.97. The number of aliphatic hydroxyl groups excluding tert-OH is 1. The van der Waals surface area contributed by atoms with Gasteiger partial charge in [0.25, 0.3) is 0 Å². The van der Waals surface area contributed by atoms with E-state index in [9.17, 15) is 14.0 Å². The van der Waals surface area contributed by atoms with Gasteiger partial charge in [0.1, 0.15) is 5.82 Å². The number of rotatable bonds is 5. The van der Waals surface area contributed by atoms with Crippen LogP contribution in [0.4, 0.5) is 4.39 Å². The molecule has 0 bridgehead atoms. The number of allylic oxidation sites excluding steroid dienone is 1. The highest BCUT2D eigenvalue weighted by Crippen LogP contribution is 2.22. The number of thiophene rings is 1. The Morgan fingerprint density at radius 2 is 2.00 bits per heavy atom. The van der Waals surface area contributed by atoms with E-state index in [0.717, 1.165) is 0 Å². The summed E-state index contributed by atoms with van der Waals surface area (Å²) in [6, 6.07) is 7.57. The highest BCUT2D eigenvalue weighted by Gasteiger charge is 2.14. The van der Waals surface area contributed by atoms with Crippen LogP contribution in [0, 0.1) is 5.82 Å². The van der Waals surface area contributed by atoms with E-state index in [0.29, 0.717) is 28.5 Å². The van der Waals surface area contributed by atoms with Crippen LogP contribution < -0.4 is 0 Å². The normalized spacial score (nSPS) is 11.4. The Morgan fingerprint density at radius 3 is 2.67 bits per heavy atom. The second-order valence-corrected chi connectivity index (χ2v) is 5.26. The van der Waals surface area contributed by atoms with Crippen LogP contribution in [0.2, 0.25) is 0 Å². The van der Waals surface area contributed by atoms with Crippen LogP contribution in [0.5, 0.6) is 0 Å². The monoisotopic (exact) mass is 306 g/mol. The lowest BCUT2D eigenvalue weighted by Gasteiger charge is -2.02. The minimum absolute atomic E-state index is 0.303. The fourth-order valence-electron chi connectivity index (χ4n) is 1.79. The maximum Gasteiger partial charge on any atom is 0.371 e. The van der Waals surface area contributed by atoms with Gasteiger partial charge in [0.15, 0.2) is 5.78 Å². The molecular weight excluding hydrogens is 295 g/mol. The summed E-state index contributed by atoms with van der Waals surface area (Å²) in [7, 11) is 0. The van der Waals surface area contributed by atoms with Gasteiger partial charge in [0.2, 0.25) is 5.76 Å². The maximum absolute atomic E-state index is 13.1. The Balaban J connectivity index is 2.25. The zero-order valence-corrected chi connectivity index (χ0v) is 11.6. The lowest BCUT2D eigenvalue weighted by Crippen LogP contribution is -2.05. The van der Waals surface area contributed by atoms with Crippen molar-refractivity contribution >= 4 is 23.1 Å². The fraction of sp³-hybridized carbons (Fsp3) is 0.0667. The molecule has 1 aromatic heterocycles. The largest absolute Gasteiger partial charge is 0.502 e. The summed E-state index contributed by atoms with van der Waals surface area (Å²) < 4.78 is 13.1. The van der Waals surface area contributed by atoms with Gasteiger partial charge < -0.3 is 10.2 Å². The number of carbonyl (C=O) groups excluding carboxylic acids is 1. The standard InChI is InChI=1S/C15H11FO4S/c16-10-3-1-2-9(6-10)7-14-11(4-5-21-14)12(17)8-13(18)15(19)20/h1-6,8,18H,7H2,(H,19,20)/b13-8-. The SMILES string of the molecule is O=C(O)/C(O)=C/C(=O)c1ccsc1Cc1cccc(F)c1. The summed E-state index contributed by atoms with van der Waals surface area (Å²) in [5.74, 6) is -3.53. The molecule has 4 nitrogen and oxygen atoms in total. The molecule has 21 heavy (non-hydrogen) atoms. The number of carboxylic acids is 1. The average molecular weight is 306 g/mol. The van der Waals surface area contributed by atoms with Crippen molar-refractivity contribution in [3.8, 4) is 0 Å². The molecule has 108 valence electrons. The van der Waals surface area contributed by atoms with Gasteiger partial charge in [-0.05, 0) is 29.1 Å². The molecule has 0 aliphatic rings. The minimum atomic E-state index is -1.56. The van der Waals surface area contributed by atoms with E-state index in [4.69, 9.17) is 10.2 Å². The molecule has 1 aromatic carbocycles. The summed E-state index contributed by atoms with van der Waals surface area (Å²) in [5.41, 5.74) is 1.01. The highest BCUT2D eigenvalue weighted by molar-refractivity contribution is 7.10. The third kappa shape index (κ3) is 3.76. The fourth-order valence-corrected chi connectivity index (χ4v) is 2.71. The van der Waals surface area contributed by atoms with Crippen molar-refractivity contribution in [1.82, 2.24) is 0 Å². The summed E-state index contributed by atoms with van der Waals surface area (Å²) in [4.78, 5) is 23.1. The highest BCUT2D eigenvalue weighted by atomic mass is 32.1. The van der Waals surface area contributed by atoms with Crippen molar-refractivity contribution in [2.45, 2.75) is 6.42 Å². The van der Waals surface area contributed by atoms with E-state index in [-0.39, 0.29) is 5.82 Å². The molecule has 0 aliphatic carbocycles. The lowest BCUT2D eigenvalue weighted by molar-refractivity contribution is -0.135. The molecule has 2 aromatic rings. The van der Waals surface area contributed by atoms with E-state index < -0.39 is 17.5 Å². The minimum Gasteiger partial charge on any atom is -0.502 e. The molecule has 0 fully saturated rings. The maximum atomic E-state index is 13.1. The first kappa shape index (κ1) is 14.9. The summed E-state index contributed by atoms with van der Waals surface area (Å²) in [6.45, 7) is 0. The van der Waals surface area contributed by atoms with Gasteiger partial charge in [-0.2, -0.15) is 0 Å². The number of benzene rings is 1. The molecule has 0 saturated heterocycles. The van der Waals surface area contributed by atoms with E-state index in [1.54, 1.807) is 23.6 Å². The topological polar surface area (TPSA) is 74.6 Å². The molecule has 2 rings (SSSR count). The molecule has 2 N–H and O–H groups in total. The number of hydrogen-bond acceptors (Lipinski definition) is 4. The number of hydrogen-bond donors (Lipinski definition) is 2. The van der Waals surface area contributed by atoms with Gasteiger partial charge in [-0.3, -0.25) is 4.79 Å². The summed E-state index contributed by atoms with van der Waals surface area (Å²) in [5, 5.41) is 19.3. The second kappa shape index (κ2) is 6.32. The van der Waals surface area contributed by atoms with Crippen LogP contribution in [0.1, 0.15) is 20.8 Å². The van der Waals surface area contributed by atoms with Gasteiger partial charge in [0.05, 0.1) is 0 Å². The molecule has 0 atom stereocenters. The van der Waals surface area contributed by atoms with Gasteiger partial charge >= 0.3 is 5.97 Å². The van der Waals surface area contributed by atoms with Gasteiger partial charge in [0, 0.05) is 22.9 Å². The number of carbonyl (C=O) groups is 2. The molecule has 0 saturated carbocycles. The van der Waals surface area contributed by atoms with Crippen molar-refractivity contribution in [3.05, 3.63) is 69.4 Å². The molecule has 6 heteroatoms. The van der Waals surface area contributed by atoms with E-state index in [1.807, 2.05) is 0 Å². The van der Waals surface area contributed by atoms with Gasteiger partial charge in [-0.25, -0.2) is 9.18 Å². The lowest BCUT2D eigenvalue weighted by atomic mass is 10.1. The van der Waals surface area contributed by atoms with Crippen LogP contribution >= 0.6 is 11.3 Å². The Bertz CT molecular complexity index is 718. The van der Waals surface area contributed by atoms with Crippen molar-refractivity contribution in [3.63, 3.8) is 0 Å². The molecular formula is C15H11FO4S. The van der Waals surface area contributed by atoms with Gasteiger partial charge in [-0.1, -0.05) is 12.1 Å². The Labute approximate surface area is 123 Å². The first-order valence-corrected chi connectivity index (χ1v) is 6.84. The third-order valence-electron chi connectivity index (χ3n) is 2.75. The Hall–Kier alpha value is -2.47. The number of ketones is 1. The van der Waals surface area contributed by atoms with Crippen LogP contribution in [-0.4, -0.2) is 22.0 Å². The van der Waals surface area contributed by atoms with Crippen molar-refractivity contribution in [2.75, 3.05) is 0 Å². The van der Waals surface area contributed by atoms with Crippen molar-refractivity contribution in [1.29, 1.82) is 0 Å². The number of carboxylic acid groups (broad SMARTS) is 1. The first-order valence-electron chi connectivity index (χ1n) is 5.96. The van der Waals surface area contributed by atoms with E-state index in [1.165, 1.54) is 23.5 Å². The number of aliphatic carboxylic acids is 1.